The molecule has 0 aromatic carbocycles. The van der Waals surface area contributed by atoms with Crippen LogP contribution in [0.4, 0.5) is 0 Å². The van der Waals surface area contributed by atoms with Crippen LogP contribution < -0.4 is 10.6 Å². The van der Waals surface area contributed by atoms with Crippen molar-refractivity contribution < 1.29 is 29.0 Å². The number of carbonyl (C=O) groups excluding carboxylic acids is 3. The number of aliphatic carboxylic acids is 1. The van der Waals surface area contributed by atoms with Crippen molar-refractivity contribution in [2.24, 2.45) is 56.2 Å². The van der Waals surface area contributed by atoms with Gasteiger partial charge in [-0.05, 0) is 122 Å². The Labute approximate surface area is 314 Å². The molecular weight excluding hydrogens is 652 g/mol. The van der Waals surface area contributed by atoms with Crippen molar-refractivity contribution in [3.05, 3.63) is 11.6 Å². The molecular formula is C44H72N2O6. The molecule has 8 nitrogen and oxygen atoms in total. The van der Waals surface area contributed by atoms with Crippen molar-refractivity contribution in [3.8, 4) is 0 Å². The summed E-state index contributed by atoms with van der Waals surface area (Å²) in [6, 6.07) is -0.867. The molecule has 5 rings (SSSR count). The van der Waals surface area contributed by atoms with Crippen LogP contribution in [-0.4, -0.2) is 47.6 Å². The molecule has 0 aromatic heterocycles. The molecule has 294 valence electrons. The fourth-order valence-corrected chi connectivity index (χ4v) is 12.8. The van der Waals surface area contributed by atoms with Crippen LogP contribution in [0.5, 0.6) is 0 Å². The first-order valence-corrected chi connectivity index (χ1v) is 20.9. The molecule has 0 heterocycles. The van der Waals surface area contributed by atoms with E-state index in [0.717, 1.165) is 70.6 Å². The maximum atomic E-state index is 14.4. The zero-order chi connectivity index (χ0) is 38.5. The maximum Gasteiger partial charge on any atom is 0.326 e. The van der Waals surface area contributed by atoms with Crippen molar-refractivity contribution in [1.82, 2.24) is 10.6 Å². The summed E-state index contributed by atoms with van der Waals surface area (Å²) in [4.78, 5) is 50.7. The van der Waals surface area contributed by atoms with E-state index in [0.29, 0.717) is 37.6 Å². The topological polar surface area (TPSA) is 122 Å². The number of nitrogens with one attached hydrogen (secondary N) is 2. The van der Waals surface area contributed by atoms with Crippen LogP contribution in [0.1, 0.15) is 166 Å². The Balaban J connectivity index is 1.29. The number of amides is 2. The van der Waals surface area contributed by atoms with Gasteiger partial charge in [-0.3, -0.25) is 14.4 Å². The summed E-state index contributed by atoms with van der Waals surface area (Å²) in [6.45, 7) is 23.3. The Morgan fingerprint density at radius 2 is 1.58 bits per heavy atom. The molecule has 0 unspecified atom stereocenters. The molecule has 52 heavy (non-hydrogen) atoms. The summed E-state index contributed by atoms with van der Waals surface area (Å²) in [5.41, 5.74) is 1.65. The second-order valence-electron chi connectivity index (χ2n) is 20.3. The first kappa shape index (κ1) is 40.8. The quantitative estimate of drug-likeness (QED) is 0.105. The van der Waals surface area contributed by atoms with E-state index in [1.54, 1.807) is 19.4 Å². The van der Waals surface area contributed by atoms with E-state index in [2.05, 4.69) is 65.2 Å². The third-order valence-electron chi connectivity index (χ3n) is 16.2. The average Bonchev–Trinajstić information content (AvgIpc) is 3.06. The number of allylic oxidation sites excluding steroid dienone is 2. The Bertz CT molecular complexity index is 1420. The van der Waals surface area contributed by atoms with E-state index >= 15 is 0 Å². The summed E-state index contributed by atoms with van der Waals surface area (Å²) in [6.07, 6.45) is 16.0. The monoisotopic (exact) mass is 725 g/mol. The summed E-state index contributed by atoms with van der Waals surface area (Å²) in [5, 5.41) is 15.4. The number of fused-ring (bicyclic) bond motifs is 7. The van der Waals surface area contributed by atoms with Crippen molar-refractivity contribution in [3.63, 3.8) is 0 Å². The smallest absolute Gasteiger partial charge is 0.326 e. The number of esters is 1. The number of rotatable bonds is 12. The van der Waals surface area contributed by atoms with Gasteiger partial charge in [-0.2, -0.15) is 0 Å². The van der Waals surface area contributed by atoms with Gasteiger partial charge in [0.1, 0.15) is 12.1 Å². The first-order valence-electron chi connectivity index (χ1n) is 20.9. The van der Waals surface area contributed by atoms with Gasteiger partial charge in [-0.15, -0.1) is 0 Å². The highest BCUT2D eigenvalue weighted by atomic mass is 16.5. The molecule has 2 amide bonds. The number of ether oxygens (including phenoxy) is 1. The lowest BCUT2D eigenvalue weighted by molar-refractivity contribution is -0.212. The molecule has 0 aliphatic heterocycles. The van der Waals surface area contributed by atoms with Gasteiger partial charge in [0.15, 0.2) is 0 Å². The molecule has 0 saturated heterocycles. The number of carboxylic acid groups (broad SMARTS) is 1. The molecule has 0 radical (unpaired) electrons. The zero-order valence-electron chi connectivity index (χ0n) is 34.3. The third-order valence-corrected chi connectivity index (χ3v) is 16.2. The van der Waals surface area contributed by atoms with Crippen LogP contribution in [0.15, 0.2) is 11.6 Å². The zero-order valence-corrected chi connectivity index (χ0v) is 34.3. The highest BCUT2D eigenvalue weighted by Crippen LogP contribution is 2.75. The molecule has 0 aromatic rings. The predicted molar refractivity (Wildman–Crippen MR) is 205 cm³/mol. The lowest BCUT2D eigenvalue weighted by atomic mass is 9.33. The lowest BCUT2D eigenvalue weighted by Gasteiger charge is -2.71. The minimum Gasteiger partial charge on any atom is -0.480 e. The normalized spacial score (nSPS) is 37.9. The third kappa shape index (κ3) is 7.00. The maximum absolute atomic E-state index is 14.4. The number of carboxylic acids is 1. The van der Waals surface area contributed by atoms with Crippen LogP contribution in [0.25, 0.3) is 0 Å². The highest BCUT2D eigenvalue weighted by molar-refractivity contribution is 5.84. The fraction of sp³-hybridized carbons (Fsp3) is 0.864. The first-order chi connectivity index (χ1) is 24.2. The molecule has 0 bridgehead atoms. The Morgan fingerprint density at radius 1 is 0.885 bits per heavy atom. The molecule has 5 aliphatic carbocycles. The van der Waals surface area contributed by atoms with Gasteiger partial charge in [0.2, 0.25) is 11.8 Å². The standard InChI is InChI=1S/C44H72N2O6/c1-11-35(48)52-33-19-20-41(8)31(40(33,6)7)18-21-43(10)32(41)17-16-29-30-27-39(4,5)22-24-44(30,25-23-42(29,43)9)38(51)45-26-14-12-13-15-34(47)46-36(28(2)3)37(49)50/h16,28,30-33,36H,11-15,17-27H2,1-10H3,(H,45,51)(H,46,47)(H,49,50)/t30-,31-,32+,33-,36-,41-,42+,43+,44-/m0/s1. The van der Waals surface area contributed by atoms with E-state index in [1.807, 2.05) is 6.92 Å². The summed E-state index contributed by atoms with van der Waals surface area (Å²) in [5.74, 6) is 0.0289. The minimum absolute atomic E-state index is 0.0215. The summed E-state index contributed by atoms with van der Waals surface area (Å²) < 4.78 is 6.09. The molecule has 4 saturated carbocycles. The molecule has 5 aliphatic rings. The van der Waals surface area contributed by atoms with Gasteiger partial charge in [0.25, 0.3) is 0 Å². The average molecular weight is 725 g/mol. The van der Waals surface area contributed by atoms with Crippen LogP contribution in [0, 0.1) is 56.2 Å². The second kappa shape index (κ2) is 14.7. The van der Waals surface area contributed by atoms with Crippen molar-refractivity contribution in [1.29, 1.82) is 0 Å². The van der Waals surface area contributed by atoms with Crippen molar-refractivity contribution >= 4 is 23.8 Å². The second-order valence-corrected chi connectivity index (χ2v) is 20.3. The van der Waals surface area contributed by atoms with Crippen LogP contribution in [0.2, 0.25) is 0 Å². The number of carbonyl (C=O) groups is 4. The van der Waals surface area contributed by atoms with Gasteiger partial charge in [0, 0.05) is 24.8 Å². The summed E-state index contributed by atoms with van der Waals surface area (Å²) in [7, 11) is 0. The Kier molecular flexibility index (Phi) is 11.5. The highest BCUT2D eigenvalue weighted by Gasteiger charge is 2.69. The SMILES string of the molecule is CCC(=O)O[C@H]1CC[C@]2(C)[C@H]3CC=C4[C@@H]5CC(C)(C)CC[C@]5(C(=O)NCCCCCC(=O)N[C@H](C(=O)O)C(C)C)CC[C@@]4(C)[C@]3(C)CC[C@H]2C1(C)C. The lowest BCUT2D eigenvalue weighted by Crippen LogP contribution is -2.65. The van der Waals surface area contributed by atoms with E-state index in [-0.39, 0.29) is 68.2 Å². The number of hydrogen-bond acceptors (Lipinski definition) is 5. The predicted octanol–water partition coefficient (Wildman–Crippen LogP) is 9.01. The van der Waals surface area contributed by atoms with Crippen LogP contribution in [-0.2, 0) is 23.9 Å². The molecule has 9 atom stereocenters. The van der Waals surface area contributed by atoms with E-state index in [9.17, 15) is 24.3 Å². The van der Waals surface area contributed by atoms with E-state index in [1.165, 1.54) is 6.42 Å². The van der Waals surface area contributed by atoms with Gasteiger partial charge in [-0.1, -0.05) is 87.3 Å². The van der Waals surface area contributed by atoms with E-state index < -0.39 is 12.0 Å². The van der Waals surface area contributed by atoms with E-state index in [4.69, 9.17) is 4.74 Å². The molecule has 4 fully saturated rings. The fourth-order valence-electron chi connectivity index (χ4n) is 12.8. The molecule has 0 spiro atoms. The number of hydrogen-bond donors (Lipinski definition) is 3. The Morgan fingerprint density at radius 3 is 2.23 bits per heavy atom. The van der Waals surface area contributed by atoms with Gasteiger partial charge >= 0.3 is 11.9 Å². The Hall–Kier alpha value is -2.38. The van der Waals surface area contributed by atoms with Crippen LogP contribution >= 0.6 is 0 Å². The van der Waals surface area contributed by atoms with Crippen molar-refractivity contribution in [2.45, 2.75) is 178 Å². The van der Waals surface area contributed by atoms with Gasteiger partial charge in [-0.25, -0.2) is 4.79 Å². The minimum atomic E-state index is -1.00. The molecule has 3 N–H and O–H groups in total. The largest absolute Gasteiger partial charge is 0.480 e. The van der Waals surface area contributed by atoms with Crippen molar-refractivity contribution in [2.75, 3.05) is 6.54 Å². The number of unbranched alkanes of at least 4 members (excludes halogenated alkanes) is 2. The molecule has 8 heteroatoms. The van der Waals surface area contributed by atoms with Gasteiger partial charge < -0.3 is 20.5 Å². The summed E-state index contributed by atoms with van der Waals surface area (Å²) >= 11 is 0. The van der Waals surface area contributed by atoms with Gasteiger partial charge in [0.05, 0.1) is 5.41 Å². The van der Waals surface area contributed by atoms with Crippen LogP contribution in [0.3, 0.4) is 0 Å².